The number of rotatable bonds is 13. The third-order valence-electron chi connectivity index (χ3n) is 9.69. The molecule has 4 aliphatic rings. The van der Waals surface area contributed by atoms with Crippen molar-refractivity contribution < 1.29 is 22.7 Å². The lowest BCUT2D eigenvalue weighted by atomic mass is 9.72. The van der Waals surface area contributed by atoms with Crippen molar-refractivity contribution in [2.24, 2.45) is 16.6 Å². The lowest BCUT2D eigenvalue weighted by Crippen LogP contribution is -2.50. The molecule has 10 heteroatoms. The van der Waals surface area contributed by atoms with Gasteiger partial charge in [0.2, 0.25) is 5.91 Å². The number of ether oxygens (including phenoxy) is 1. The maximum absolute atomic E-state index is 13.4. The van der Waals surface area contributed by atoms with Crippen molar-refractivity contribution in [3.05, 3.63) is 56.9 Å². The van der Waals surface area contributed by atoms with Crippen LogP contribution in [0.1, 0.15) is 78.1 Å². The van der Waals surface area contributed by atoms with Crippen molar-refractivity contribution in [2.45, 2.75) is 96.5 Å². The number of nitrogens with two attached hydrogens (primary N) is 1. The van der Waals surface area contributed by atoms with Gasteiger partial charge in [0, 0.05) is 35.5 Å². The van der Waals surface area contributed by atoms with Gasteiger partial charge in [0.15, 0.2) is 0 Å². The lowest BCUT2D eigenvalue weighted by molar-refractivity contribution is -0.137. The van der Waals surface area contributed by atoms with Crippen LogP contribution < -0.4 is 16.4 Å². The van der Waals surface area contributed by atoms with Crippen molar-refractivity contribution in [1.29, 1.82) is 0 Å². The fourth-order valence-corrected chi connectivity index (χ4v) is 10.3. The number of amides is 1. The fraction of sp³-hybridized carbons (Fsp3) is 0.647. The molecule has 3 unspecified atom stereocenters. The number of allylic oxidation sites excluding steroid dienone is 5. The highest BCUT2D eigenvalue weighted by Gasteiger charge is 2.51. The van der Waals surface area contributed by atoms with Gasteiger partial charge in [0.1, 0.15) is 6.23 Å². The van der Waals surface area contributed by atoms with Gasteiger partial charge < -0.3 is 20.7 Å². The number of piperidine rings is 1. The van der Waals surface area contributed by atoms with Crippen molar-refractivity contribution in [3.63, 3.8) is 0 Å². The first-order valence-electron chi connectivity index (χ1n) is 16.0. The maximum atomic E-state index is 13.4. The summed E-state index contributed by atoms with van der Waals surface area (Å²) in [4.78, 5) is 15.5. The molecule has 0 radical (unpaired) electrons. The second kappa shape index (κ2) is 15.2. The van der Waals surface area contributed by atoms with Crippen LogP contribution in [0.5, 0.6) is 0 Å². The molecule has 6 nitrogen and oxygen atoms in total. The minimum atomic E-state index is -4.32. The summed E-state index contributed by atoms with van der Waals surface area (Å²) in [6, 6.07) is 0.150. The summed E-state index contributed by atoms with van der Waals surface area (Å²) in [6.07, 6.45) is 11.6. The van der Waals surface area contributed by atoms with Crippen molar-refractivity contribution in [2.75, 3.05) is 33.3 Å². The molecule has 3 aliphatic carbocycles. The average Bonchev–Trinajstić information content (AvgIpc) is 3.22. The van der Waals surface area contributed by atoms with Crippen LogP contribution >= 0.6 is 20.7 Å². The highest BCUT2D eigenvalue weighted by atomic mass is 127. The number of nitrogens with zero attached hydrogens (tertiary/aromatic N) is 1. The van der Waals surface area contributed by atoms with Crippen molar-refractivity contribution >= 4 is 30.6 Å². The Morgan fingerprint density at radius 2 is 2.00 bits per heavy atom. The molecule has 0 aromatic carbocycles. The van der Waals surface area contributed by atoms with Crippen LogP contribution in [-0.2, 0) is 9.53 Å². The monoisotopic (exact) mass is 730 g/mol. The second-order valence-corrected chi connectivity index (χ2v) is 15.3. The third-order valence-corrected chi connectivity index (χ3v) is 12.9. The van der Waals surface area contributed by atoms with E-state index in [1.165, 1.54) is 20.3 Å². The Hall–Kier alpha value is -1.76. The van der Waals surface area contributed by atoms with Gasteiger partial charge in [-0.2, -0.15) is 13.2 Å². The number of carbonyl (C=O) groups is 1. The molecule has 4 rings (SSSR count). The van der Waals surface area contributed by atoms with E-state index >= 15 is 0 Å². The number of methoxy groups -OCH3 is 1. The molecule has 4 N–H and O–H groups in total. The largest absolute Gasteiger partial charge is 0.401 e. The molecule has 1 fully saturated rings. The van der Waals surface area contributed by atoms with Gasteiger partial charge in [0.25, 0.3) is 0 Å². The number of nitrogens with one attached hydrogen (secondary N) is 2. The predicted octanol–water partition coefficient (Wildman–Crippen LogP) is 6.77. The molecule has 1 amide bonds. The fourth-order valence-electron chi connectivity index (χ4n) is 7.49. The van der Waals surface area contributed by atoms with E-state index in [4.69, 9.17) is 10.5 Å². The van der Waals surface area contributed by atoms with E-state index in [0.29, 0.717) is 12.1 Å². The molecule has 246 valence electrons. The van der Waals surface area contributed by atoms with Gasteiger partial charge in [-0.25, -0.2) is 0 Å². The summed E-state index contributed by atoms with van der Waals surface area (Å²) in [6.45, 7) is 9.69. The van der Waals surface area contributed by atoms with Crippen molar-refractivity contribution in [3.8, 4) is 0 Å². The zero-order chi connectivity index (χ0) is 32.0. The van der Waals surface area contributed by atoms with Crippen LogP contribution in [0.15, 0.2) is 56.9 Å². The van der Waals surface area contributed by atoms with Crippen LogP contribution in [0.2, 0.25) is 0 Å². The molecule has 0 spiro atoms. The Kier molecular flexibility index (Phi) is 12.1. The van der Waals surface area contributed by atoms with Crippen LogP contribution in [0, 0.1) is 10.8 Å². The Morgan fingerprint density at radius 1 is 1.27 bits per heavy atom. The molecular formula is C34H50F3IN4O2. The average molecular weight is 731 g/mol. The SMILES string of the molecule is C=CC=IC1=C(C)C2=C(CCCC2)C1(CCCCN1CCC(NC(=O)C2(C)C=C(N)C=CC2)CC1)C(NCC(F)(F)F)OC. The minimum Gasteiger partial charge on any atom is -0.399 e. The van der Waals surface area contributed by atoms with Crippen LogP contribution in [0.4, 0.5) is 13.2 Å². The van der Waals surface area contributed by atoms with E-state index in [9.17, 15) is 18.0 Å². The molecule has 1 aliphatic heterocycles. The van der Waals surface area contributed by atoms with Crippen LogP contribution in [-0.4, -0.2) is 66.6 Å². The zero-order valence-corrected chi connectivity index (χ0v) is 28.7. The first kappa shape index (κ1) is 35.1. The number of halogens is 4. The predicted molar refractivity (Wildman–Crippen MR) is 181 cm³/mol. The third kappa shape index (κ3) is 8.14. The van der Waals surface area contributed by atoms with Gasteiger partial charge in [0.05, 0.1) is 17.4 Å². The molecule has 1 heterocycles. The van der Waals surface area contributed by atoms with E-state index in [0.717, 1.165) is 77.4 Å². The molecule has 0 aromatic heterocycles. The first-order chi connectivity index (χ1) is 20.9. The first-order valence-corrected chi connectivity index (χ1v) is 18.3. The van der Waals surface area contributed by atoms with E-state index in [1.807, 2.05) is 31.2 Å². The Morgan fingerprint density at radius 3 is 2.66 bits per heavy atom. The molecule has 0 bridgehead atoms. The second-order valence-electron chi connectivity index (χ2n) is 12.9. The van der Waals surface area contributed by atoms with Crippen LogP contribution in [0.25, 0.3) is 0 Å². The number of alkyl halides is 3. The van der Waals surface area contributed by atoms with Gasteiger partial charge >= 0.3 is 6.18 Å². The number of carbonyl (C=O) groups excluding carboxylic acids is 1. The van der Waals surface area contributed by atoms with E-state index in [-0.39, 0.29) is 11.9 Å². The lowest BCUT2D eigenvalue weighted by Gasteiger charge is -2.42. The molecular weight excluding hydrogens is 680 g/mol. The highest BCUT2D eigenvalue weighted by molar-refractivity contribution is 14.2. The number of unbranched alkanes of at least 4 members (excludes halogenated alkanes) is 1. The quantitative estimate of drug-likeness (QED) is 0.111. The molecule has 1 saturated heterocycles. The number of hydrogen-bond acceptors (Lipinski definition) is 5. The normalized spacial score (nSPS) is 27.7. The minimum absolute atomic E-state index is 0.0315. The Bertz CT molecular complexity index is 1220. The van der Waals surface area contributed by atoms with E-state index in [2.05, 4.69) is 33.0 Å². The summed E-state index contributed by atoms with van der Waals surface area (Å²) >= 11 is -0.552. The van der Waals surface area contributed by atoms with Gasteiger partial charge in [-0.05, 0) is 105 Å². The molecule has 0 saturated carbocycles. The van der Waals surface area contributed by atoms with Crippen LogP contribution in [0.3, 0.4) is 0 Å². The number of hydrogen-bond donors (Lipinski definition) is 3. The van der Waals surface area contributed by atoms with Gasteiger partial charge in [-0.15, -0.1) is 0 Å². The summed E-state index contributed by atoms with van der Waals surface area (Å²) in [5, 5.41) is 6.05. The van der Waals surface area contributed by atoms with Gasteiger partial charge in [-0.1, -0.05) is 51.5 Å². The Labute approximate surface area is 271 Å². The zero-order valence-electron chi connectivity index (χ0n) is 26.5. The summed E-state index contributed by atoms with van der Waals surface area (Å²) in [7, 11) is 1.54. The summed E-state index contributed by atoms with van der Waals surface area (Å²) < 4.78 is 49.6. The molecule has 0 aromatic rings. The molecule has 44 heavy (non-hydrogen) atoms. The highest BCUT2D eigenvalue weighted by Crippen LogP contribution is 2.60. The standard InChI is InChI=1S/C34H50F3IN4O2/c1-5-18-38-29-24(2)27-12-6-7-13-28(27)33(29,31(44-4)40-23-34(35,36)37)17-8-9-19-42-20-14-26(15-21-42)41-30(43)32(3)16-10-11-25(39)22-32/h5,10-11,18,22,26,31,40H,1,6-9,12-17,19-21,23,39H2,2-4H3,(H,41,43). The summed E-state index contributed by atoms with van der Waals surface area (Å²) in [5.41, 5.74) is 9.38. The maximum Gasteiger partial charge on any atom is 0.401 e. The Balaban J connectivity index is 1.40. The topological polar surface area (TPSA) is 79.6 Å². The smallest absolute Gasteiger partial charge is 0.399 e. The van der Waals surface area contributed by atoms with E-state index < -0.39 is 50.5 Å². The van der Waals surface area contributed by atoms with E-state index in [1.54, 1.807) is 7.11 Å². The van der Waals surface area contributed by atoms with Gasteiger partial charge in [-0.3, -0.25) is 10.1 Å². The molecule has 3 atom stereocenters. The van der Waals surface area contributed by atoms with Crippen molar-refractivity contribution in [1.82, 2.24) is 15.5 Å². The number of likely N-dealkylation sites (tertiary alicyclic amines) is 1. The summed E-state index contributed by atoms with van der Waals surface area (Å²) in [5.74, 6) is 0.0315.